The minimum atomic E-state index is -0.638. The summed E-state index contributed by atoms with van der Waals surface area (Å²) >= 11 is 0. The molecule has 24 heavy (non-hydrogen) atoms. The molecule has 1 aromatic carbocycles. The second-order valence-corrected chi connectivity index (χ2v) is 5.74. The number of rotatable bonds is 7. The Kier molecular flexibility index (Phi) is 6.01. The van der Waals surface area contributed by atoms with Gasteiger partial charge in [0.2, 0.25) is 5.91 Å². The second-order valence-electron chi connectivity index (χ2n) is 5.74. The summed E-state index contributed by atoms with van der Waals surface area (Å²) < 4.78 is 10.2. The molecule has 1 unspecified atom stereocenters. The summed E-state index contributed by atoms with van der Waals surface area (Å²) in [4.78, 5) is 24.5. The molecule has 2 rings (SSSR count). The second kappa shape index (κ2) is 8.19. The van der Waals surface area contributed by atoms with Crippen LogP contribution in [0.2, 0.25) is 0 Å². The summed E-state index contributed by atoms with van der Waals surface area (Å²) in [5.41, 5.74) is 0.948. The van der Waals surface area contributed by atoms with Crippen molar-refractivity contribution in [3.05, 3.63) is 54.0 Å². The molecule has 128 valence electrons. The smallest absolute Gasteiger partial charge is 0.287 e. The highest BCUT2D eigenvalue weighted by Gasteiger charge is 2.25. The van der Waals surface area contributed by atoms with E-state index in [4.69, 9.17) is 9.15 Å². The van der Waals surface area contributed by atoms with Gasteiger partial charge in [-0.05, 0) is 35.7 Å². The monoisotopic (exact) mass is 330 g/mol. The van der Waals surface area contributed by atoms with E-state index in [-0.39, 0.29) is 17.6 Å². The molecule has 0 bridgehead atoms. The van der Waals surface area contributed by atoms with Crippen molar-refractivity contribution in [2.24, 2.45) is 5.92 Å². The molecule has 6 heteroatoms. The molecule has 0 radical (unpaired) electrons. The SMILES string of the molecule is COc1ccc(CNC(=O)C(NC(=O)c2ccco2)C(C)C)cc1. The third kappa shape index (κ3) is 4.62. The van der Waals surface area contributed by atoms with Crippen LogP contribution in [0.1, 0.15) is 30.0 Å². The van der Waals surface area contributed by atoms with Gasteiger partial charge in [0.05, 0.1) is 13.4 Å². The summed E-state index contributed by atoms with van der Waals surface area (Å²) in [6, 6.07) is 9.97. The van der Waals surface area contributed by atoms with Gasteiger partial charge in [-0.15, -0.1) is 0 Å². The van der Waals surface area contributed by atoms with Crippen LogP contribution in [-0.2, 0) is 11.3 Å². The maximum atomic E-state index is 12.4. The standard InChI is InChI=1S/C18H22N2O4/c1-12(2)16(20-17(21)15-5-4-10-24-15)18(22)19-11-13-6-8-14(23-3)9-7-13/h4-10,12,16H,11H2,1-3H3,(H,19,22)(H,20,21). The molecule has 6 nitrogen and oxygen atoms in total. The Labute approximate surface area is 141 Å². The van der Waals surface area contributed by atoms with Crippen LogP contribution in [0.25, 0.3) is 0 Å². The summed E-state index contributed by atoms with van der Waals surface area (Å²) in [6.45, 7) is 4.13. The fourth-order valence-corrected chi connectivity index (χ4v) is 2.20. The Morgan fingerprint density at radius 1 is 1.17 bits per heavy atom. The predicted molar refractivity (Wildman–Crippen MR) is 89.6 cm³/mol. The van der Waals surface area contributed by atoms with Crippen LogP contribution in [0.5, 0.6) is 5.75 Å². The average molecular weight is 330 g/mol. The van der Waals surface area contributed by atoms with E-state index in [1.807, 2.05) is 38.1 Å². The Hall–Kier alpha value is -2.76. The molecule has 0 fully saturated rings. The van der Waals surface area contributed by atoms with Crippen LogP contribution < -0.4 is 15.4 Å². The lowest BCUT2D eigenvalue weighted by atomic mass is 10.0. The van der Waals surface area contributed by atoms with Crippen molar-refractivity contribution in [1.29, 1.82) is 0 Å². The van der Waals surface area contributed by atoms with Gasteiger partial charge in [0.1, 0.15) is 11.8 Å². The Bertz CT molecular complexity index is 663. The van der Waals surface area contributed by atoms with Crippen molar-refractivity contribution in [2.75, 3.05) is 7.11 Å². The zero-order valence-electron chi connectivity index (χ0n) is 14.0. The zero-order valence-corrected chi connectivity index (χ0v) is 14.0. The van der Waals surface area contributed by atoms with Gasteiger partial charge in [-0.25, -0.2) is 0 Å². The number of ether oxygens (including phenoxy) is 1. The van der Waals surface area contributed by atoms with Crippen molar-refractivity contribution in [2.45, 2.75) is 26.4 Å². The highest BCUT2D eigenvalue weighted by atomic mass is 16.5. The van der Waals surface area contributed by atoms with E-state index < -0.39 is 11.9 Å². The first-order valence-corrected chi connectivity index (χ1v) is 7.76. The Morgan fingerprint density at radius 3 is 2.42 bits per heavy atom. The van der Waals surface area contributed by atoms with Crippen molar-refractivity contribution in [3.8, 4) is 5.75 Å². The quantitative estimate of drug-likeness (QED) is 0.817. The van der Waals surface area contributed by atoms with Gasteiger partial charge in [-0.3, -0.25) is 9.59 Å². The van der Waals surface area contributed by atoms with Crippen molar-refractivity contribution < 1.29 is 18.7 Å². The van der Waals surface area contributed by atoms with E-state index in [1.165, 1.54) is 6.26 Å². The van der Waals surface area contributed by atoms with E-state index in [9.17, 15) is 9.59 Å². The Balaban J connectivity index is 1.94. The fourth-order valence-electron chi connectivity index (χ4n) is 2.20. The normalized spacial score (nSPS) is 11.8. The van der Waals surface area contributed by atoms with Crippen LogP contribution in [0.3, 0.4) is 0 Å². The summed E-state index contributed by atoms with van der Waals surface area (Å²) in [6.07, 6.45) is 1.42. The number of carbonyl (C=O) groups excluding carboxylic acids is 2. The van der Waals surface area contributed by atoms with Gasteiger partial charge in [-0.1, -0.05) is 26.0 Å². The van der Waals surface area contributed by atoms with E-state index in [1.54, 1.807) is 19.2 Å². The van der Waals surface area contributed by atoms with Crippen molar-refractivity contribution in [3.63, 3.8) is 0 Å². The van der Waals surface area contributed by atoms with E-state index in [0.717, 1.165) is 11.3 Å². The van der Waals surface area contributed by atoms with E-state index in [2.05, 4.69) is 10.6 Å². The first-order chi connectivity index (χ1) is 11.5. The van der Waals surface area contributed by atoms with Crippen LogP contribution in [-0.4, -0.2) is 25.0 Å². The Morgan fingerprint density at radius 2 is 1.88 bits per heavy atom. The van der Waals surface area contributed by atoms with Crippen molar-refractivity contribution in [1.82, 2.24) is 10.6 Å². The minimum Gasteiger partial charge on any atom is -0.497 e. The molecule has 0 spiro atoms. The minimum absolute atomic E-state index is 0.0558. The molecule has 2 amide bonds. The molecule has 2 aromatic rings. The summed E-state index contributed by atoms with van der Waals surface area (Å²) in [7, 11) is 1.60. The van der Waals surface area contributed by atoms with E-state index in [0.29, 0.717) is 6.54 Å². The number of hydrogen-bond donors (Lipinski definition) is 2. The van der Waals surface area contributed by atoms with Gasteiger partial charge < -0.3 is 19.8 Å². The van der Waals surface area contributed by atoms with E-state index >= 15 is 0 Å². The molecule has 1 atom stereocenters. The lowest BCUT2D eigenvalue weighted by molar-refractivity contribution is -0.124. The number of benzene rings is 1. The molecule has 2 N–H and O–H groups in total. The van der Waals surface area contributed by atoms with Crippen LogP contribution >= 0.6 is 0 Å². The maximum absolute atomic E-state index is 12.4. The van der Waals surface area contributed by atoms with Crippen molar-refractivity contribution >= 4 is 11.8 Å². The first kappa shape index (κ1) is 17.6. The molecular weight excluding hydrogens is 308 g/mol. The van der Waals surface area contributed by atoms with Crippen LogP contribution in [0.15, 0.2) is 47.1 Å². The third-order valence-electron chi connectivity index (χ3n) is 3.61. The third-order valence-corrected chi connectivity index (χ3v) is 3.61. The molecular formula is C18H22N2O4. The zero-order chi connectivity index (χ0) is 17.5. The highest BCUT2D eigenvalue weighted by Crippen LogP contribution is 2.11. The molecule has 0 aliphatic rings. The van der Waals surface area contributed by atoms with Gasteiger partial charge in [0.25, 0.3) is 5.91 Å². The van der Waals surface area contributed by atoms with Crippen LogP contribution in [0.4, 0.5) is 0 Å². The van der Waals surface area contributed by atoms with Crippen LogP contribution in [0, 0.1) is 5.92 Å². The molecule has 1 heterocycles. The molecule has 0 aliphatic heterocycles. The molecule has 0 saturated heterocycles. The number of nitrogens with one attached hydrogen (secondary N) is 2. The number of methoxy groups -OCH3 is 1. The molecule has 0 saturated carbocycles. The van der Waals surface area contributed by atoms with Gasteiger partial charge in [0.15, 0.2) is 5.76 Å². The van der Waals surface area contributed by atoms with Gasteiger partial charge in [0, 0.05) is 6.54 Å². The maximum Gasteiger partial charge on any atom is 0.287 e. The first-order valence-electron chi connectivity index (χ1n) is 7.76. The number of carbonyl (C=O) groups is 2. The number of amides is 2. The predicted octanol–water partition coefficient (Wildman–Crippen LogP) is 2.36. The summed E-state index contributed by atoms with van der Waals surface area (Å²) in [5, 5.41) is 5.55. The molecule has 0 aliphatic carbocycles. The lowest BCUT2D eigenvalue weighted by Crippen LogP contribution is -2.49. The van der Waals surface area contributed by atoms with Gasteiger partial charge >= 0.3 is 0 Å². The topological polar surface area (TPSA) is 80.6 Å². The molecule has 1 aromatic heterocycles. The highest BCUT2D eigenvalue weighted by molar-refractivity contribution is 5.95. The summed E-state index contributed by atoms with van der Waals surface area (Å²) in [5.74, 6) is 0.248. The lowest BCUT2D eigenvalue weighted by Gasteiger charge is -2.21. The van der Waals surface area contributed by atoms with Gasteiger partial charge in [-0.2, -0.15) is 0 Å². The number of hydrogen-bond acceptors (Lipinski definition) is 4. The number of furan rings is 1. The largest absolute Gasteiger partial charge is 0.497 e. The average Bonchev–Trinajstić information content (AvgIpc) is 3.12. The fraction of sp³-hybridized carbons (Fsp3) is 0.333.